The number of anilines is 3. The van der Waals surface area contributed by atoms with E-state index in [1.54, 1.807) is 6.33 Å². The summed E-state index contributed by atoms with van der Waals surface area (Å²) < 4.78 is 0. The normalized spacial score (nSPS) is 14.1. The molecule has 5 nitrogen and oxygen atoms in total. The molecular weight excluding hydrogens is 250 g/mol. The fourth-order valence-corrected chi connectivity index (χ4v) is 2.03. The third-order valence-electron chi connectivity index (χ3n) is 3.48. The maximum Gasteiger partial charge on any atom is 0.138 e. The molecule has 1 heterocycles. The van der Waals surface area contributed by atoms with Gasteiger partial charge in [-0.05, 0) is 30.5 Å². The van der Waals surface area contributed by atoms with Crippen molar-refractivity contribution in [3.05, 3.63) is 42.2 Å². The van der Waals surface area contributed by atoms with Crippen molar-refractivity contribution in [3.8, 4) is 0 Å². The smallest absolute Gasteiger partial charge is 0.138 e. The van der Waals surface area contributed by atoms with Crippen LogP contribution < -0.4 is 16.0 Å². The van der Waals surface area contributed by atoms with Crippen molar-refractivity contribution < 1.29 is 0 Å². The number of nitrogens with zero attached hydrogens (tertiary/aromatic N) is 3. The first-order valence-corrected chi connectivity index (χ1v) is 6.87. The Morgan fingerprint density at radius 2 is 2.00 bits per heavy atom. The van der Waals surface area contributed by atoms with E-state index in [9.17, 15) is 0 Å². The van der Waals surface area contributed by atoms with Gasteiger partial charge in [0.05, 0.1) is 0 Å². The molecule has 5 heteroatoms. The van der Waals surface area contributed by atoms with Crippen LogP contribution in [0.5, 0.6) is 0 Å². The van der Waals surface area contributed by atoms with Crippen LogP contribution in [0.2, 0.25) is 0 Å². The summed E-state index contributed by atoms with van der Waals surface area (Å²) in [6, 6.07) is 10.8. The van der Waals surface area contributed by atoms with Crippen molar-refractivity contribution in [1.82, 2.24) is 9.97 Å². The molecule has 20 heavy (non-hydrogen) atoms. The number of benzene rings is 1. The number of hydrogen-bond donors (Lipinski definition) is 2. The Bertz CT molecular complexity index is 577. The van der Waals surface area contributed by atoms with E-state index in [2.05, 4.69) is 27.4 Å². The minimum absolute atomic E-state index is 0.562. The lowest BCUT2D eigenvalue weighted by Gasteiger charge is -2.19. The molecule has 1 aromatic heterocycles. The highest BCUT2D eigenvalue weighted by atomic mass is 15.2. The molecule has 0 unspecified atom stereocenters. The average Bonchev–Trinajstić information content (AvgIpc) is 3.31. The van der Waals surface area contributed by atoms with Gasteiger partial charge in [-0.2, -0.15) is 0 Å². The van der Waals surface area contributed by atoms with Gasteiger partial charge in [0.15, 0.2) is 0 Å². The highest BCUT2D eigenvalue weighted by Gasteiger charge is 2.21. The van der Waals surface area contributed by atoms with Gasteiger partial charge < -0.3 is 16.0 Å². The molecule has 3 N–H and O–H groups in total. The van der Waals surface area contributed by atoms with Crippen LogP contribution in [0.3, 0.4) is 0 Å². The fourth-order valence-electron chi connectivity index (χ4n) is 2.03. The molecule has 0 spiro atoms. The lowest BCUT2D eigenvalue weighted by atomic mass is 10.2. The van der Waals surface area contributed by atoms with E-state index < -0.39 is 0 Å². The van der Waals surface area contributed by atoms with E-state index >= 15 is 0 Å². The van der Waals surface area contributed by atoms with E-state index in [0.717, 1.165) is 22.9 Å². The van der Waals surface area contributed by atoms with Crippen LogP contribution in [0.4, 0.5) is 17.3 Å². The molecule has 0 atom stereocenters. The summed E-state index contributed by atoms with van der Waals surface area (Å²) in [7, 11) is 2.00. The molecule has 0 amide bonds. The fraction of sp³-hybridized carbons (Fsp3) is 0.333. The second-order valence-electron chi connectivity index (χ2n) is 5.11. The van der Waals surface area contributed by atoms with E-state index in [-0.39, 0.29) is 0 Å². The topological polar surface area (TPSA) is 67.1 Å². The molecule has 1 saturated carbocycles. The third kappa shape index (κ3) is 2.88. The number of rotatable bonds is 5. The summed E-state index contributed by atoms with van der Waals surface area (Å²) in [5.74, 6) is 1.77. The summed E-state index contributed by atoms with van der Waals surface area (Å²) >= 11 is 0. The van der Waals surface area contributed by atoms with Crippen LogP contribution in [0.15, 0.2) is 36.7 Å². The largest absolute Gasteiger partial charge is 0.367 e. The summed E-state index contributed by atoms with van der Waals surface area (Å²) in [5.41, 5.74) is 7.82. The Kier molecular flexibility index (Phi) is 3.52. The van der Waals surface area contributed by atoms with Gasteiger partial charge in [0.25, 0.3) is 0 Å². The number of nitrogens with one attached hydrogen (secondary N) is 1. The van der Waals surface area contributed by atoms with E-state index in [1.165, 1.54) is 12.8 Å². The van der Waals surface area contributed by atoms with Gasteiger partial charge in [0.1, 0.15) is 18.0 Å². The molecule has 0 saturated heterocycles. The van der Waals surface area contributed by atoms with Gasteiger partial charge in [-0.25, -0.2) is 9.97 Å². The lowest BCUT2D eigenvalue weighted by molar-refractivity contribution is 1.04. The highest BCUT2D eigenvalue weighted by molar-refractivity contribution is 5.61. The standard InChI is InChI=1S/C15H19N5/c1-20(13-6-2-11(9-16)3-7-13)15-8-14(17-10-18-15)19-12-4-5-12/h2-3,6-8,10,12H,4-5,9,16H2,1H3,(H,17,18,19). The van der Waals surface area contributed by atoms with Crippen molar-refractivity contribution >= 4 is 17.3 Å². The molecular formula is C15H19N5. The Hall–Kier alpha value is -2.14. The van der Waals surface area contributed by atoms with E-state index in [4.69, 9.17) is 5.73 Å². The maximum absolute atomic E-state index is 5.62. The van der Waals surface area contributed by atoms with Crippen molar-refractivity contribution in [3.63, 3.8) is 0 Å². The van der Waals surface area contributed by atoms with E-state index in [0.29, 0.717) is 12.6 Å². The molecule has 2 aromatic rings. The Morgan fingerprint density at radius 1 is 1.25 bits per heavy atom. The van der Waals surface area contributed by atoms with Crippen molar-refractivity contribution in [2.75, 3.05) is 17.3 Å². The predicted octanol–water partition coefficient (Wildman–Crippen LogP) is 2.28. The van der Waals surface area contributed by atoms with Gasteiger partial charge >= 0.3 is 0 Å². The second-order valence-corrected chi connectivity index (χ2v) is 5.11. The molecule has 1 aliphatic rings. The highest BCUT2D eigenvalue weighted by Crippen LogP contribution is 2.26. The zero-order valence-corrected chi connectivity index (χ0v) is 11.6. The van der Waals surface area contributed by atoms with E-state index in [1.807, 2.05) is 30.1 Å². The second kappa shape index (κ2) is 5.46. The third-order valence-corrected chi connectivity index (χ3v) is 3.48. The molecule has 1 aliphatic carbocycles. The summed E-state index contributed by atoms with van der Waals surface area (Å²) in [5, 5.41) is 3.39. The predicted molar refractivity (Wildman–Crippen MR) is 81.1 cm³/mol. The molecule has 0 aliphatic heterocycles. The van der Waals surface area contributed by atoms with Gasteiger partial charge in [-0.1, -0.05) is 12.1 Å². The summed E-state index contributed by atoms with van der Waals surface area (Å²) in [6.45, 7) is 0.562. The van der Waals surface area contributed by atoms with Crippen molar-refractivity contribution in [2.45, 2.75) is 25.4 Å². The van der Waals surface area contributed by atoms with Crippen LogP contribution in [-0.2, 0) is 6.54 Å². The zero-order chi connectivity index (χ0) is 13.9. The molecule has 0 radical (unpaired) electrons. The molecule has 104 valence electrons. The average molecular weight is 269 g/mol. The van der Waals surface area contributed by atoms with Crippen LogP contribution >= 0.6 is 0 Å². The van der Waals surface area contributed by atoms with Gasteiger partial charge in [-0.15, -0.1) is 0 Å². The number of hydrogen-bond acceptors (Lipinski definition) is 5. The minimum Gasteiger partial charge on any atom is -0.367 e. The minimum atomic E-state index is 0.562. The zero-order valence-electron chi connectivity index (χ0n) is 11.6. The van der Waals surface area contributed by atoms with Crippen LogP contribution in [0.25, 0.3) is 0 Å². The Balaban J connectivity index is 1.79. The van der Waals surface area contributed by atoms with Gasteiger partial charge in [0.2, 0.25) is 0 Å². The summed E-state index contributed by atoms with van der Waals surface area (Å²) in [6.07, 6.45) is 4.07. The van der Waals surface area contributed by atoms with Gasteiger partial charge in [-0.3, -0.25) is 0 Å². The maximum atomic E-state index is 5.62. The van der Waals surface area contributed by atoms with Crippen molar-refractivity contribution in [1.29, 1.82) is 0 Å². The SMILES string of the molecule is CN(c1ccc(CN)cc1)c1cc(NC2CC2)ncn1. The molecule has 1 aromatic carbocycles. The van der Waals surface area contributed by atoms with Crippen molar-refractivity contribution in [2.24, 2.45) is 5.73 Å². The summed E-state index contributed by atoms with van der Waals surface area (Å²) in [4.78, 5) is 10.6. The van der Waals surface area contributed by atoms with Crippen LogP contribution in [-0.4, -0.2) is 23.1 Å². The van der Waals surface area contributed by atoms with Gasteiger partial charge in [0, 0.05) is 31.4 Å². The Labute approximate surface area is 118 Å². The van der Waals surface area contributed by atoms with Crippen LogP contribution in [0.1, 0.15) is 18.4 Å². The first-order chi connectivity index (χ1) is 9.76. The molecule has 3 rings (SSSR count). The molecule has 1 fully saturated rings. The quantitative estimate of drug-likeness (QED) is 0.871. The monoisotopic (exact) mass is 269 g/mol. The van der Waals surface area contributed by atoms with Crippen LogP contribution in [0, 0.1) is 0 Å². The number of nitrogens with two attached hydrogens (primary N) is 1. The first kappa shape index (κ1) is 12.9. The Morgan fingerprint density at radius 3 is 2.65 bits per heavy atom. The lowest BCUT2D eigenvalue weighted by Crippen LogP contribution is -2.13. The molecule has 0 bridgehead atoms. The first-order valence-electron chi connectivity index (χ1n) is 6.87. The number of aromatic nitrogens is 2.